The number of fused-ring (bicyclic) bond motifs is 1. The van der Waals surface area contributed by atoms with Crippen molar-refractivity contribution in [3.63, 3.8) is 0 Å². The monoisotopic (exact) mass is 294 g/mol. The average molecular weight is 294 g/mol. The lowest BCUT2D eigenvalue weighted by Crippen LogP contribution is -2.11. The highest BCUT2D eigenvalue weighted by atomic mass is 16.3. The number of phenolic OH excluding ortho intramolecular Hbond substituents is 2. The van der Waals surface area contributed by atoms with Gasteiger partial charge in [-0.05, 0) is 46.7 Å². The molecule has 0 radical (unpaired) electrons. The smallest absolute Gasteiger partial charge is 0.190 e. The van der Waals surface area contributed by atoms with E-state index in [0.29, 0.717) is 0 Å². The van der Waals surface area contributed by atoms with Crippen LogP contribution in [0.15, 0.2) is 42.5 Å². The molecule has 0 unspecified atom stereocenters. The summed E-state index contributed by atoms with van der Waals surface area (Å²) in [6.07, 6.45) is 3.34. The summed E-state index contributed by atoms with van der Waals surface area (Å²) in [5.74, 6) is -1.54. The molecule has 0 heterocycles. The number of hydrogen-bond donors (Lipinski definition) is 2. The summed E-state index contributed by atoms with van der Waals surface area (Å²) in [4.78, 5) is 22.6. The van der Waals surface area contributed by atoms with Gasteiger partial charge in [0.25, 0.3) is 0 Å². The summed E-state index contributed by atoms with van der Waals surface area (Å²) in [5.41, 5.74) is 1.28. The Bertz CT molecular complexity index is 880. The van der Waals surface area contributed by atoms with Crippen LogP contribution in [0.5, 0.6) is 11.5 Å². The molecule has 0 saturated carbocycles. The van der Waals surface area contributed by atoms with E-state index in [1.54, 1.807) is 0 Å². The van der Waals surface area contributed by atoms with Crippen molar-refractivity contribution in [2.24, 2.45) is 0 Å². The summed E-state index contributed by atoms with van der Waals surface area (Å²) >= 11 is 0. The molecule has 4 heteroatoms. The van der Waals surface area contributed by atoms with Crippen LogP contribution in [0, 0.1) is 10.4 Å². The summed E-state index contributed by atoms with van der Waals surface area (Å²) in [6, 6.07) is 8.97. The first-order valence-corrected chi connectivity index (χ1v) is 6.98. The molecule has 110 valence electrons. The van der Waals surface area contributed by atoms with E-state index >= 15 is 0 Å². The predicted molar refractivity (Wildman–Crippen MR) is 81.1 cm³/mol. The summed E-state index contributed by atoms with van der Waals surface area (Å²) < 4.78 is 0. The standard InChI is InChI=1S/C10H6O4.C8H8/c11-5-1-2-6(12)10-8(14)4-3-7(13)9(5)10;1-2-6-5-7-3-4-8(6)7/h1-4,11-12H;3-5H,2H2,1H3. The lowest BCUT2D eigenvalue weighted by atomic mass is 9.93. The van der Waals surface area contributed by atoms with Crippen LogP contribution in [0.25, 0.3) is 0 Å². The van der Waals surface area contributed by atoms with E-state index in [4.69, 9.17) is 0 Å². The second-order valence-corrected chi connectivity index (χ2v) is 5.14. The number of benzene rings is 2. The first-order valence-electron chi connectivity index (χ1n) is 6.98. The fourth-order valence-corrected chi connectivity index (χ4v) is 2.56. The van der Waals surface area contributed by atoms with Gasteiger partial charge in [-0.1, -0.05) is 25.1 Å². The third kappa shape index (κ3) is 2.09. The molecule has 4 rings (SSSR count). The predicted octanol–water partition coefficient (Wildman–Crippen LogP) is 2.88. The number of rotatable bonds is 1. The van der Waals surface area contributed by atoms with Crippen LogP contribution in [0.4, 0.5) is 0 Å². The van der Waals surface area contributed by atoms with Gasteiger partial charge in [0.1, 0.15) is 11.5 Å². The first-order chi connectivity index (χ1) is 10.5. The highest BCUT2D eigenvalue weighted by Gasteiger charge is 2.25. The third-order valence-electron chi connectivity index (χ3n) is 3.84. The van der Waals surface area contributed by atoms with Crippen molar-refractivity contribution in [3.05, 3.63) is 69.6 Å². The Labute approximate surface area is 126 Å². The van der Waals surface area contributed by atoms with Gasteiger partial charge in [0.2, 0.25) is 0 Å². The van der Waals surface area contributed by atoms with Crippen molar-refractivity contribution in [3.8, 4) is 11.5 Å². The Balaban J connectivity index is 0.000000151. The van der Waals surface area contributed by atoms with Gasteiger partial charge >= 0.3 is 0 Å². The molecule has 0 bridgehead atoms. The molecule has 0 aromatic heterocycles. The van der Waals surface area contributed by atoms with Gasteiger partial charge in [0.15, 0.2) is 11.6 Å². The van der Waals surface area contributed by atoms with E-state index in [9.17, 15) is 19.8 Å². The van der Waals surface area contributed by atoms with Crippen molar-refractivity contribution in [2.45, 2.75) is 13.3 Å². The van der Waals surface area contributed by atoms with Crippen LogP contribution in [0.2, 0.25) is 0 Å². The van der Waals surface area contributed by atoms with Gasteiger partial charge in [-0.3, -0.25) is 9.59 Å². The molecule has 3 aliphatic rings. The van der Waals surface area contributed by atoms with Crippen molar-refractivity contribution in [2.75, 3.05) is 0 Å². The molecule has 0 saturated heterocycles. The van der Waals surface area contributed by atoms with Crippen molar-refractivity contribution in [1.29, 1.82) is 0 Å². The molecule has 1 aromatic rings. The molecule has 0 aliphatic heterocycles. The highest BCUT2D eigenvalue weighted by Crippen LogP contribution is 2.32. The first kappa shape index (κ1) is 14.1. The lowest BCUT2D eigenvalue weighted by Gasteiger charge is -2.11. The van der Waals surface area contributed by atoms with Gasteiger partial charge in [0.05, 0.1) is 11.1 Å². The van der Waals surface area contributed by atoms with Gasteiger partial charge in [-0.2, -0.15) is 0 Å². The highest BCUT2D eigenvalue weighted by molar-refractivity contribution is 6.24. The Morgan fingerprint density at radius 3 is 1.68 bits per heavy atom. The Morgan fingerprint density at radius 2 is 1.41 bits per heavy atom. The van der Waals surface area contributed by atoms with E-state index in [1.807, 2.05) is 0 Å². The molecule has 0 atom stereocenters. The number of aromatic hydroxyl groups is 2. The van der Waals surface area contributed by atoms with Crippen LogP contribution >= 0.6 is 0 Å². The Hall–Kier alpha value is -2.88. The largest absolute Gasteiger partial charge is 0.507 e. The van der Waals surface area contributed by atoms with E-state index in [1.165, 1.54) is 34.6 Å². The summed E-state index contributed by atoms with van der Waals surface area (Å²) in [5, 5.41) is 21.7. The zero-order chi connectivity index (χ0) is 15.9. The quantitative estimate of drug-likeness (QED) is 0.677. The SMILES string of the molecule is CCc1cc2ccc1=2.O=C1C=CC(=O)c2c(O)ccc(O)c21. The van der Waals surface area contributed by atoms with Crippen molar-refractivity contribution in [1.82, 2.24) is 0 Å². The second-order valence-electron chi connectivity index (χ2n) is 5.14. The third-order valence-corrected chi connectivity index (χ3v) is 3.84. The number of ketones is 2. The number of carbonyl (C=O) groups excluding carboxylic acids is 2. The van der Waals surface area contributed by atoms with Crippen LogP contribution < -0.4 is 0 Å². The maximum Gasteiger partial charge on any atom is 0.190 e. The maximum absolute atomic E-state index is 11.3. The number of aryl methyl sites for hydroxylation is 1. The van der Waals surface area contributed by atoms with E-state index in [2.05, 4.69) is 25.1 Å². The Kier molecular flexibility index (Phi) is 3.29. The minimum atomic E-state index is -0.479. The molecular weight excluding hydrogens is 280 g/mol. The second kappa shape index (κ2) is 5.15. The number of allylic oxidation sites excluding steroid dienone is 2. The molecular formula is C18H14O4. The number of carbonyl (C=O) groups is 2. The fourth-order valence-electron chi connectivity index (χ4n) is 2.56. The topological polar surface area (TPSA) is 74.6 Å². The van der Waals surface area contributed by atoms with Crippen LogP contribution in [-0.2, 0) is 6.42 Å². The van der Waals surface area contributed by atoms with Crippen LogP contribution in [0.3, 0.4) is 0 Å². The molecule has 3 aliphatic carbocycles. The van der Waals surface area contributed by atoms with Gasteiger partial charge in [0, 0.05) is 0 Å². The Morgan fingerprint density at radius 1 is 0.864 bits per heavy atom. The zero-order valence-electron chi connectivity index (χ0n) is 12.0. The number of hydrogen-bond acceptors (Lipinski definition) is 4. The van der Waals surface area contributed by atoms with Gasteiger partial charge in [-0.15, -0.1) is 0 Å². The van der Waals surface area contributed by atoms with E-state index in [-0.39, 0.29) is 22.6 Å². The molecule has 0 amide bonds. The fraction of sp³-hybridized carbons (Fsp3) is 0.111. The normalized spacial score (nSPS) is 13.3. The van der Waals surface area contributed by atoms with Crippen LogP contribution in [-0.4, -0.2) is 21.8 Å². The summed E-state index contributed by atoms with van der Waals surface area (Å²) in [7, 11) is 0. The van der Waals surface area contributed by atoms with Gasteiger partial charge < -0.3 is 10.2 Å². The molecule has 0 spiro atoms. The van der Waals surface area contributed by atoms with E-state index < -0.39 is 11.6 Å². The molecule has 0 fully saturated rings. The molecule has 2 N–H and O–H groups in total. The molecule has 4 nitrogen and oxygen atoms in total. The van der Waals surface area contributed by atoms with Gasteiger partial charge in [-0.25, -0.2) is 0 Å². The average Bonchev–Trinajstić information content (AvgIpc) is 2.49. The number of phenols is 2. The maximum atomic E-state index is 11.3. The van der Waals surface area contributed by atoms with Crippen molar-refractivity contribution < 1.29 is 19.8 Å². The minimum absolute atomic E-state index is 0.127. The minimum Gasteiger partial charge on any atom is -0.507 e. The lowest BCUT2D eigenvalue weighted by molar-refractivity contribution is 0.0989. The zero-order valence-corrected chi connectivity index (χ0v) is 12.0. The van der Waals surface area contributed by atoms with E-state index in [0.717, 1.165) is 12.2 Å². The summed E-state index contributed by atoms with van der Waals surface area (Å²) in [6.45, 7) is 2.20. The molecule has 1 aromatic carbocycles. The van der Waals surface area contributed by atoms with Crippen molar-refractivity contribution >= 4 is 11.6 Å². The molecule has 22 heavy (non-hydrogen) atoms. The van der Waals surface area contributed by atoms with Crippen LogP contribution in [0.1, 0.15) is 33.2 Å².